The maximum Gasteiger partial charge on any atom is 0.472 e. The number of aliphatic hydroxyl groups is 10. The fourth-order valence-electron chi connectivity index (χ4n) is 13.3. The molecule has 18 unspecified atom stereocenters. The Hall–Kier alpha value is -2.30. The number of allylic oxidation sites excluding steroid dienone is 2. The van der Waals surface area contributed by atoms with E-state index in [1.54, 1.807) is 0 Å². The summed E-state index contributed by atoms with van der Waals surface area (Å²) in [5.41, 5.74) is 0. The maximum atomic E-state index is 14.4. The number of carbonyl (C=O) groups is 3. The van der Waals surface area contributed by atoms with Crippen LogP contribution < -0.4 is 0 Å². The number of phosphoric ester groups is 1. The summed E-state index contributed by atoms with van der Waals surface area (Å²) in [4.78, 5) is 51.1. The van der Waals surface area contributed by atoms with Crippen molar-refractivity contribution < 1.29 is 117 Å². The lowest BCUT2D eigenvalue weighted by atomic mass is 9.84. The molecular formula is C76H141O24P. The van der Waals surface area contributed by atoms with E-state index in [1.807, 2.05) is 0 Å². The third-order valence-corrected chi connectivity index (χ3v) is 20.8. The SMILES string of the molecule is CCCCCCCCC/C=C\CCCCCC(=O)OCC1OC(OC2C(O)C(O)C(O)C(OC3OC(CO)C(O)C(O)C3O)C2OP(=O)(O)OCC(COC(=O)CCCCCCCCCCCCCCCCCC)OC(=O)CCCCCCCCCCCCCCCCCC)C(O)C(O)C1O. The minimum atomic E-state index is -5.70. The predicted octanol–water partition coefficient (Wildman–Crippen LogP) is 11.9. The lowest BCUT2D eigenvalue weighted by Crippen LogP contribution is -2.69. The zero-order chi connectivity index (χ0) is 73.9. The summed E-state index contributed by atoms with van der Waals surface area (Å²) in [6.07, 6.45) is 18.2. The summed E-state index contributed by atoms with van der Waals surface area (Å²) in [6, 6.07) is 0. The molecule has 24 nitrogen and oxygen atoms in total. The highest BCUT2D eigenvalue weighted by molar-refractivity contribution is 7.47. The van der Waals surface area contributed by atoms with E-state index < -0.39 is 156 Å². The second-order valence-electron chi connectivity index (χ2n) is 28.8. The van der Waals surface area contributed by atoms with E-state index in [0.717, 1.165) is 89.9 Å². The van der Waals surface area contributed by atoms with E-state index >= 15 is 0 Å². The van der Waals surface area contributed by atoms with Gasteiger partial charge in [-0.3, -0.25) is 23.4 Å². The molecule has 594 valence electrons. The molecule has 1 aliphatic carbocycles. The molecule has 101 heavy (non-hydrogen) atoms. The largest absolute Gasteiger partial charge is 0.472 e. The molecule has 0 spiro atoms. The Kier molecular flexibility index (Phi) is 53.2. The van der Waals surface area contributed by atoms with Gasteiger partial charge in [-0.1, -0.05) is 270 Å². The van der Waals surface area contributed by atoms with Crippen molar-refractivity contribution >= 4 is 25.7 Å². The number of rotatable bonds is 63. The van der Waals surface area contributed by atoms with Gasteiger partial charge in [0.25, 0.3) is 0 Å². The highest BCUT2D eigenvalue weighted by Crippen LogP contribution is 2.49. The van der Waals surface area contributed by atoms with Gasteiger partial charge >= 0.3 is 25.7 Å². The Bertz CT molecular complexity index is 2130. The summed E-state index contributed by atoms with van der Waals surface area (Å²) < 4.78 is 65.2. The molecule has 0 aromatic rings. The molecule has 11 N–H and O–H groups in total. The van der Waals surface area contributed by atoms with Crippen LogP contribution in [-0.4, -0.2) is 204 Å². The summed E-state index contributed by atoms with van der Waals surface area (Å²) in [5, 5.41) is 110. The molecule has 3 aliphatic rings. The van der Waals surface area contributed by atoms with Gasteiger partial charge in [-0.25, -0.2) is 4.57 Å². The number of ether oxygens (including phenoxy) is 7. The van der Waals surface area contributed by atoms with Crippen molar-refractivity contribution in [1.29, 1.82) is 0 Å². The van der Waals surface area contributed by atoms with Crippen LogP contribution in [0.3, 0.4) is 0 Å². The Morgan fingerprint density at radius 1 is 0.376 bits per heavy atom. The van der Waals surface area contributed by atoms with Crippen molar-refractivity contribution in [3.8, 4) is 0 Å². The molecular weight excluding hydrogens is 1330 g/mol. The van der Waals surface area contributed by atoms with Crippen LogP contribution in [0.2, 0.25) is 0 Å². The minimum absolute atomic E-state index is 0.00974. The van der Waals surface area contributed by atoms with E-state index in [9.17, 15) is 74.9 Å². The Morgan fingerprint density at radius 2 is 0.693 bits per heavy atom. The van der Waals surface area contributed by atoms with Gasteiger partial charge in [-0.05, 0) is 44.9 Å². The number of hydrogen-bond acceptors (Lipinski definition) is 23. The van der Waals surface area contributed by atoms with Crippen molar-refractivity contribution in [2.75, 3.05) is 26.4 Å². The van der Waals surface area contributed by atoms with E-state index in [0.29, 0.717) is 19.3 Å². The van der Waals surface area contributed by atoms with Gasteiger partial charge in [0.05, 0.1) is 13.2 Å². The maximum absolute atomic E-state index is 14.4. The van der Waals surface area contributed by atoms with Gasteiger partial charge in [0.2, 0.25) is 0 Å². The van der Waals surface area contributed by atoms with E-state index in [1.165, 1.54) is 173 Å². The predicted molar refractivity (Wildman–Crippen MR) is 384 cm³/mol. The van der Waals surface area contributed by atoms with Crippen molar-refractivity contribution in [3.05, 3.63) is 12.2 Å². The lowest BCUT2D eigenvalue weighted by molar-refractivity contribution is -0.360. The molecule has 1 saturated carbocycles. The number of aliphatic hydroxyl groups excluding tert-OH is 10. The van der Waals surface area contributed by atoms with Crippen LogP contribution in [-0.2, 0) is 61.2 Å². The first-order valence-electron chi connectivity index (χ1n) is 40.0. The number of hydrogen-bond donors (Lipinski definition) is 11. The highest BCUT2D eigenvalue weighted by Gasteiger charge is 2.58. The van der Waals surface area contributed by atoms with Gasteiger partial charge in [0.15, 0.2) is 18.7 Å². The van der Waals surface area contributed by atoms with E-state index in [4.69, 9.17) is 42.2 Å². The first kappa shape index (κ1) is 92.9. The van der Waals surface area contributed by atoms with Gasteiger partial charge in [0.1, 0.15) is 98.7 Å². The zero-order valence-corrected chi connectivity index (χ0v) is 63.1. The van der Waals surface area contributed by atoms with Crippen LogP contribution in [0, 0.1) is 0 Å². The zero-order valence-electron chi connectivity index (χ0n) is 62.2. The third-order valence-electron chi connectivity index (χ3n) is 19.8. The van der Waals surface area contributed by atoms with Gasteiger partial charge in [-0.2, -0.15) is 0 Å². The minimum Gasteiger partial charge on any atom is -0.463 e. The van der Waals surface area contributed by atoms with Crippen LogP contribution in [0.5, 0.6) is 0 Å². The normalized spacial score (nSPS) is 27.2. The Labute approximate surface area is 605 Å². The molecule has 25 heteroatoms. The van der Waals surface area contributed by atoms with Crippen LogP contribution in [0.25, 0.3) is 0 Å². The molecule has 2 aliphatic heterocycles. The van der Waals surface area contributed by atoms with Crippen LogP contribution in [0.4, 0.5) is 0 Å². The van der Waals surface area contributed by atoms with Crippen molar-refractivity contribution in [3.63, 3.8) is 0 Å². The second kappa shape index (κ2) is 57.8. The van der Waals surface area contributed by atoms with Gasteiger partial charge in [0, 0.05) is 19.3 Å². The highest BCUT2D eigenvalue weighted by atomic mass is 31.2. The van der Waals surface area contributed by atoms with Crippen LogP contribution in [0.1, 0.15) is 323 Å². The van der Waals surface area contributed by atoms with Crippen molar-refractivity contribution in [2.24, 2.45) is 0 Å². The molecule has 0 aromatic heterocycles. The Morgan fingerprint density at radius 3 is 1.08 bits per heavy atom. The Balaban J connectivity index is 1.71. The molecule has 2 heterocycles. The molecule has 0 aromatic carbocycles. The van der Waals surface area contributed by atoms with Crippen molar-refractivity contribution in [1.82, 2.24) is 0 Å². The first-order chi connectivity index (χ1) is 48.8. The lowest BCUT2D eigenvalue weighted by Gasteiger charge is -2.49. The van der Waals surface area contributed by atoms with Crippen LogP contribution >= 0.6 is 7.82 Å². The monoisotopic (exact) mass is 1470 g/mol. The van der Waals surface area contributed by atoms with Gasteiger partial charge in [-0.15, -0.1) is 0 Å². The first-order valence-corrected chi connectivity index (χ1v) is 41.5. The molecule has 3 fully saturated rings. The molecule has 0 amide bonds. The number of phosphoric acid groups is 1. The fourth-order valence-corrected chi connectivity index (χ4v) is 14.2. The number of unbranched alkanes of at least 4 members (excludes halogenated alkanes) is 40. The molecule has 3 rings (SSSR count). The topological polar surface area (TPSA) is 374 Å². The molecule has 18 atom stereocenters. The fraction of sp³-hybridized carbons (Fsp3) is 0.934. The average Bonchev–Trinajstić information content (AvgIpc) is 0.762. The summed E-state index contributed by atoms with van der Waals surface area (Å²) in [5.74, 6) is -1.99. The summed E-state index contributed by atoms with van der Waals surface area (Å²) in [7, 11) is -5.70. The smallest absolute Gasteiger partial charge is 0.463 e. The average molecular weight is 1470 g/mol. The van der Waals surface area contributed by atoms with Gasteiger partial charge < -0.3 is 89.1 Å². The van der Waals surface area contributed by atoms with E-state index in [2.05, 4.69) is 32.9 Å². The van der Waals surface area contributed by atoms with Crippen LogP contribution in [0.15, 0.2) is 12.2 Å². The quantitative estimate of drug-likeness (QED) is 0.00886. The third kappa shape index (κ3) is 40.5. The van der Waals surface area contributed by atoms with E-state index in [-0.39, 0.29) is 19.3 Å². The summed E-state index contributed by atoms with van der Waals surface area (Å²) in [6.45, 7) is 3.48. The second-order valence-corrected chi connectivity index (χ2v) is 30.2. The standard InChI is InChI=1S/C76H141O24P/c1-4-7-10-13-16-19-22-25-28-30-33-36-38-41-44-47-50-60(78)92-54-57(95-62(80)52-49-46-43-40-37-34-31-29-26-23-20-17-14-11-8-5-2)55-94-101(90,91)100-74-72(98-75-70(88)65(83)63(81)58(53-77)96-75)68(86)67(85)69(87)73(74)99-76-71(89)66(84)64(82)59(97-76)56-93-61(79)51-48-45-42-39-35-32-27-24-21-18-15-12-9-6-3/h32,35,57-59,63-77,81-89H,4-31,33-34,36-56H2,1-3H3,(H,90,91)/b35-32-. The molecule has 0 radical (unpaired) electrons. The van der Waals surface area contributed by atoms with Crippen molar-refractivity contribution in [2.45, 2.75) is 427 Å². The molecule has 2 saturated heterocycles. The molecule has 0 bridgehead atoms. The summed E-state index contributed by atoms with van der Waals surface area (Å²) >= 11 is 0. The number of esters is 3. The number of carbonyl (C=O) groups excluding carboxylic acids is 3.